The summed E-state index contributed by atoms with van der Waals surface area (Å²) in [7, 11) is 0. The van der Waals surface area contributed by atoms with Gasteiger partial charge in [0.05, 0.1) is 10.9 Å². The molecule has 4 nitrogen and oxygen atoms in total. The fourth-order valence-corrected chi connectivity index (χ4v) is 1.28. The van der Waals surface area contributed by atoms with Gasteiger partial charge >= 0.3 is 0 Å². The van der Waals surface area contributed by atoms with E-state index in [1.807, 2.05) is 0 Å². The third kappa shape index (κ3) is 1.22. The smallest absolute Gasteiger partial charge is 0.252 e. The van der Waals surface area contributed by atoms with Gasteiger partial charge in [-0.2, -0.15) is 0 Å². The van der Waals surface area contributed by atoms with Crippen LogP contribution in [0.2, 0.25) is 5.15 Å². The molecular weight excluding hydrogens is 211 g/mol. The summed E-state index contributed by atoms with van der Waals surface area (Å²) in [6, 6.07) is 0.942. The van der Waals surface area contributed by atoms with E-state index in [0.717, 1.165) is 6.07 Å². The number of halogens is 2. The average molecular weight is 215 g/mol. The molecule has 0 amide bonds. The summed E-state index contributed by atoms with van der Waals surface area (Å²) in [5.41, 5.74) is -0.744. The fraction of sp³-hybridized carbons (Fsp3) is 0. The Morgan fingerprint density at radius 1 is 1.57 bits per heavy atom. The minimum absolute atomic E-state index is 0.117. The zero-order valence-corrected chi connectivity index (χ0v) is 7.47. The molecule has 0 aliphatic heterocycles. The van der Waals surface area contributed by atoms with Crippen molar-refractivity contribution in [2.45, 2.75) is 0 Å². The molecule has 0 saturated heterocycles. The van der Waals surface area contributed by atoms with Crippen LogP contribution in [0.5, 0.6) is 5.75 Å². The van der Waals surface area contributed by atoms with Crippen molar-refractivity contribution in [1.82, 2.24) is 9.97 Å². The van der Waals surface area contributed by atoms with Gasteiger partial charge in [0.25, 0.3) is 5.56 Å². The van der Waals surface area contributed by atoms with Gasteiger partial charge < -0.3 is 10.1 Å². The van der Waals surface area contributed by atoms with Crippen LogP contribution in [0.15, 0.2) is 17.1 Å². The van der Waals surface area contributed by atoms with Crippen LogP contribution in [0, 0.1) is 5.82 Å². The highest BCUT2D eigenvalue weighted by Gasteiger charge is 2.10. The largest absolute Gasteiger partial charge is 0.507 e. The van der Waals surface area contributed by atoms with Crippen molar-refractivity contribution >= 4 is 22.5 Å². The summed E-state index contributed by atoms with van der Waals surface area (Å²) in [4.78, 5) is 16.7. The number of fused-ring (bicyclic) bond motifs is 1. The van der Waals surface area contributed by atoms with E-state index in [9.17, 15) is 14.3 Å². The van der Waals surface area contributed by atoms with Crippen molar-refractivity contribution in [3.8, 4) is 5.75 Å². The molecule has 0 spiro atoms. The van der Waals surface area contributed by atoms with Crippen LogP contribution in [-0.4, -0.2) is 15.1 Å². The van der Waals surface area contributed by atoms with Gasteiger partial charge in [-0.05, 0) is 0 Å². The van der Waals surface area contributed by atoms with Gasteiger partial charge in [0.1, 0.15) is 5.75 Å². The van der Waals surface area contributed by atoms with Crippen LogP contribution < -0.4 is 5.56 Å². The van der Waals surface area contributed by atoms with Crippen molar-refractivity contribution < 1.29 is 9.50 Å². The van der Waals surface area contributed by atoms with Crippen molar-refractivity contribution in [3.63, 3.8) is 0 Å². The molecule has 0 bridgehead atoms. The molecule has 2 aromatic rings. The van der Waals surface area contributed by atoms with Crippen molar-refractivity contribution in [1.29, 1.82) is 0 Å². The SMILES string of the molecule is O=c1cc(O)c2cnc(Cl)c(F)c2[nH]1. The highest BCUT2D eigenvalue weighted by molar-refractivity contribution is 6.30. The van der Waals surface area contributed by atoms with Crippen LogP contribution >= 0.6 is 11.6 Å². The molecule has 0 aromatic carbocycles. The minimum atomic E-state index is -0.850. The van der Waals surface area contributed by atoms with Gasteiger partial charge in [-0.25, -0.2) is 9.37 Å². The Bertz CT molecular complexity index is 567. The predicted molar refractivity (Wildman–Crippen MR) is 49.0 cm³/mol. The summed E-state index contributed by atoms with van der Waals surface area (Å²) in [6.07, 6.45) is 1.19. The summed E-state index contributed by atoms with van der Waals surface area (Å²) in [5, 5.41) is 9.07. The number of pyridine rings is 2. The molecule has 0 aliphatic carbocycles. The molecule has 2 rings (SSSR count). The first-order chi connectivity index (χ1) is 6.59. The van der Waals surface area contributed by atoms with E-state index < -0.39 is 11.4 Å². The number of H-pyrrole nitrogens is 1. The molecule has 2 heterocycles. The third-order valence-electron chi connectivity index (χ3n) is 1.77. The molecule has 0 fully saturated rings. The number of hydrogen-bond donors (Lipinski definition) is 2. The first-order valence-electron chi connectivity index (χ1n) is 3.65. The van der Waals surface area contributed by atoms with E-state index in [1.165, 1.54) is 6.20 Å². The van der Waals surface area contributed by atoms with E-state index >= 15 is 0 Å². The molecule has 0 unspecified atom stereocenters. The van der Waals surface area contributed by atoms with E-state index in [4.69, 9.17) is 11.6 Å². The Morgan fingerprint density at radius 3 is 3.00 bits per heavy atom. The summed E-state index contributed by atoms with van der Waals surface area (Å²) >= 11 is 5.40. The van der Waals surface area contributed by atoms with E-state index in [2.05, 4.69) is 9.97 Å². The lowest BCUT2D eigenvalue weighted by Gasteiger charge is -2.01. The Morgan fingerprint density at radius 2 is 2.29 bits per heavy atom. The monoisotopic (exact) mass is 214 g/mol. The summed E-state index contributed by atoms with van der Waals surface area (Å²) in [6.45, 7) is 0. The van der Waals surface area contributed by atoms with Crippen LogP contribution in [0.4, 0.5) is 4.39 Å². The number of aromatic nitrogens is 2. The van der Waals surface area contributed by atoms with E-state index in [-0.39, 0.29) is 21.8 Å². The lowest BCUT2D eigenvalue weighted by atomic mass is 10.2. The number of rotatable bonds is 0. The summed E-state index contributed by atoms with van der Waals surface area (Å²) < 4.78 is 13.3. The molecule has 14 heavy (non-hydrogen) atoms. The third-order valence-corrected chi connectivity index (χ3v) is 2.03. The molecule has 0 saturated carbocycles. The van der Waals surface area contributed by atoms with Gasteiger partial charge in [-0.3, -0.25) is 4.79 Å². The zero-order valence-electron chi connectivity index (χ0n) is 6.71. The average Bonchev–Trinajstić information content (AvgIpc) is 2.12. The Hall–Kier alpha value is -1.62. The first kappa shape index (κ1) is 8.96. The number of hydrogen-bond acceptors (Lipinski definition) is 3. The van der Waals surface area contributed by atoms with Gasteiger partial charge in [0, 0.05) is 12.3 Å². The van der Waals surface area contributed by atoms with Crippen LogP contribution in [0.1, 0.15) is 0 Å². The Labute approximate surface area is 82.0 Å². The second kappa shape index (κ2) is 2.95. The normalized spacial score (nSPS) is 10.7. The quantitative estimate of drug-likeness (QED) is 0.652. The van der Waals surface area contributed by atoms with E-state index in [1.54, 1.807) is 0 Å². The molecule has 72 valence electrons. The van der Waals surface area contributed by atoms with Gasteiger partial charge in [0.2, 0.25) is 0 Å². The molecule has 2 N–H and O–H groups in total. The van der Waals surface area contributed by atoms with Crippen molar-refractivity contribution in [3.05, 3.63) is 33.6 Å². The highest BCUT2D eigenvalue weighted by atomic mass is 35.5. The van der Waals surface area contributed by atoms with Crippen LogP contribution in [0.25, 0.3) is 10.9 Å². The standard InChI is InChI=1S/C8H4ClFN2O2/c9-8-6(10)7-3(2-11-8)4(13)1-5(14)12-7/h1-2H,(H2,12,13,14). The molecule has 0 radical (unpaired) electrons. The molecular formula is C8H4ClFN2O2. The van der Waals surface area contributed by atoms with Crippen LogP contribution in [0.3, 0.4) is 0 Å². The lowest BCUT2D eigenvalue weighted by Crippen LogP contribution is -2.04. The zero-order chi connectivity index (χ0) is 10.3. The maximum Gasteiger partial charge on any atom is 0.252 e. The Kier molecular flexibility index (Phi) is 1.89. The number of aromatic hydroxyl groups is 1. The van der Waals surface area contributed by atoms with Gasteiger partial charge in [0.15, 0.2) is 11.0 Å². The molecule has 0 atom stereocenters. The number of nitrogens with one attached hydrogen (secondary N) is 1. The second-order valence-corrected chi connectivity index (χ2v) is 3.03. The van der Waals surface area contributed by atoms with Crippen molar-refractivity contribution in [2.24, 2.45) is 0 Å². The predicted octanol–water partition coefficient (Wildman–Crippen LogP) is 1.42. The molecule has 6 heteroatoms. The minimum Gasteiger partial charge on any atom is -0.507 e. The lowest BCUT2D eigenvalue weighted by molar-refractivity contribution is 0.480. The van der Waals surface area contributed by atoms with Crippen LogP contribution in [-0.2, 0) is 0 Å². The van der Waals surface area contributed by atoms with Gasteiger partial charge in [-0.15, -0.1) is 0 Å². The number of aromatic amines is 1. The second-order valence-electron chi connectivity index (χ2n) is 2.67. The summed E-state index contributed by atoms with van der Waals surface area (Å²) in [5.74, 6) is -1.18. The maximum absolute atomic E-state index is 13.3. The fourth-order valence-electron chi connectivity index (χ4n) is 1.14. The van der Waals surface area contributed by atoms with Gasteiger partial charge in [-0.1, -0.05) is 11.6 Å². The highest BCUT2D eigenvalue weighted by Crippen LogP contribution is 2.24. The first-order valence-corrected chi connectivity index (χ1v) is 4.03. The topological polar surface area (TPSA) is 66.0 Å². The maximum atomic E-state index is 13.3. The Balaban J connectivity index is 3.02. The number of nitrogens with zero attached hydrogens (tertiary/aromatic N) is 1. The van der Waals surface area contributed by atoms with Crippen molar-refractivity contribution in [2.75, 3.05) is 0 Å². The molecule has 2 aromatic heterocycles. The molecule has 0 aliphatic rings. The van der Waals surface area contributed by atoms with E-state index in [0.29, 0.717) is 0 Å².